The fourth-order valence-corrected chi connectivity index (χ4v) is 2.71. The molecular weight excluding hydrogens is 344 g/mol. The Bertz CT molecular complexity index is 1050. The third-order valence-electron chi connectivity index (χ3n) is 4.07. The largest absolute Gasteiger partial charge is 0.355 e. The summed E-state index contributed by atoms with van der Waals surface area (Å²) in [5, 5.41) is 15.1. The van der Waals surface area contributed by atoms with E-state index >= 15 is 0 Å². The van der Waals surface area contributed by atoms with Crippen molar-refractivity contribution >= 4 is 11.6 Å². The van der Waals surface area contributed by atoms with Gasteiger partial charge in [-0.2, -0.15) is 10.2 Å². The maximum absolute atomic E-state index is 12.5. The van der Waals surface area contributed by atoms with E-state index in [1.54, 1.807) is 23.1 Å². The van der Waals surface area contributed by atoms with E-state index in [1.165, 1.54) is 0 Å². The van der Waals surface area contributed by atoms with E-state index in [2.05, 4.69) is 20.7 Å². The van der Waals surface area contributed by atoms with Gasteiger partial charge in [-0.3, -0.25) is 14.2 Å². The van der Waals surface area contributed by atoms with Crippen LogP contribution in [0.3, 0.4) is 0 Å². The molecule has 8 nitrogen and oxygen atoms in total. The fraction of sp³-hybridized carbons (Fsp3) is 0.158. The second-order valence-electron chi connectivity index (χ2n) is 6.02. The summed E-state index contributed by atoms with van der Waals surface area (Å²) >= 11 is 0. The topological polar surface area (TPSA) is 90.8 Å². The van der Waals surface area contributed by atoms with Crippen LogP contribution in [0.1, 0.15) is 23.0 Å². The lowest BCUT2D eigenvalue weighted by Crippen LogP contribution is -2.12. The summed E-state index contributed by atoms with van der Waals surface area (Å²) in [5.41, 5.74) is 2.72. The van der Waals surface area contributed by atoms with Crippen molar-refractivity contribution in [3.8, 4) is 11.3 Å². The van der Waals surface area contributed by atoms with Gasteiger partial charge in [0.15, 0.2) is 11.5 Å². The maximum atomic E-state index is 12.5. The number of rotatable bonds is 6. The molecular formula is C19H18N6O2. The van der Waals surface area contributed by atoms with Gasteiger partial charge in [-0.25, -0.2) is 0 Å². The minimum Gasteiger partial charge on any atom is -0.355 e. The number of hydrogen-bond acceptors (Lipinski definition) is 5. The number of aryl methyl sites for hydroxylation is 1. The van der Waals surface area contributed by atoms with Gasteiger partial charge < -0.3 is 9.84 Å². The molecule has 4 aromatic rings. The Morgan fingerprint density at radius 3 is 2.89 bits per heavy atom. The van der Waals surface area contributed by atoms with Gasteiger partial charge >= 0.3 is 0 Å². The first-order valence-electron chi connectivity index (χ1n) is 8.58. The van der Waals surface area contributed by atoms with Crippen LogP contribution >= 0.6 is 0 Å². The molecule has 4 rings (SSSR count). The molecule has 0 bridgehead atoms. The summed E-state index contributed by atoms with van der Waals surface area (Å²) in [6.07, 6.45) is 7.16. The molecule has 0 aliphatic rings. The third-order valence-corrected chi connectivity index (χ3v) is 4.07. The highest BCUT2D eigenvalue weighted by Crippen LogP contribution is 2.20. The summed E-state index contributed by atoms with van der Waals surface area (Å²) < 4.78 is 8.89. The van der Waals surface area contributed by atoms with Crippen LogP contribution < -0.4 is 5.32 Å². The molecule has 0 saturated heterocycles. The van der Waals surface area contributed by atoms with Gasteiger partial charge in [-0.05, 0) is 30.7 Å². The van der Waals surface area contributed by atoms with Crippen molar-refractivity contribution in [3.63, 3.8) is 0 Å². The Morgan fingerprint density at radius 2 is 2.11 bits per heavy atom. The predicted molar refractivity (Wildman–Crippen MR) is 99.1 cm³/mol. The molecule has 0 spiro atoms. The van der Waals surface area contributed by atoms with Crippen LogP contribution in [0.5, 0.6) is 0 Å². The number of amides is 1. The van der Waals surface area contributed by atoms with E-state index in [9.17, 15) is 4.79 Å². The molecule has 3 heterocycles. The molecule has 0 aliphatic carbocycles. The Kier molecular flexibility index (Phi) is 4.52. The standard InChI is InChI=1S/C19H18N6O2/c1-2-24-13-15(11-21-24)18-10-17(23-27-18)19(26)22-16-6-3-5-14(9-16)12-25-8-4-7-20-25/h3-11,13H,2,12H2,1H3,(H,22,26). The van der Waals surface area contributed by atoms with E-state index in [4.69, 9.17) is 4.52 Å². The molecule has 136 valence electrons. The molecule has 8 heteroatoms. The molecule has 1 N–H and O–H groups in total. The number of nitrogens with one attached hydrogen (secondary N) is 1. The molecule has 0 radical (unpaired) electrons. The first-order valence-corrected chi connectivity index (χ1v) is 8.58. The summed E-state index contributed by atoms with van der Waals surface area (Å²) in [7, 11) is 0. The van der Waals surface area contributed by atoms with Gasteiger partial charge in [-0.15, -0.1) is 0 Å². The Labute approximate surface area is 155 Å². The Morgan fingerprint density at radius 1 is 1.19 bits per heavy atom. The van der Waals surface area contributed by atoms with Crippen LogP contribution in [0.15, 0.2) is 65.7 Å². The minimum absolute atomic E-state index is 0.215. The predicted octanol–water partition coefficient (Wildman–Crippen LogP) is 3.06. The van der Waals surface area contributed by atoms with Crippen LogP contribution in [-0.4, -0.2) is 30.6 Å². The zero-order valence-corrected chi connectivity index (χ0v) is 14.7. The second-order valence-corrected chi connectivity index (χ2v) is 6.02. The molecule has 1 amide bonds. The minimum atomic E-state index is -0.330. The van der Waals surface area contributed by atoms with E-state index < -0.39 is 0 Å². The fourth-order valence-electron chi connectivity index (χ4n) is 2.71. The van der Waals surface area contributed by atoms with Crippen molar-refractivity contribution in [1.82, 2.24) is 24.7 Å². The van der Waals surface area contributed by atoms with E-state index in [0.29, 0.717) is 18.0 Å². The number of aromatic nitrogens is 5. The number of nitrogens with zero attached hydrogens (tertiary/aromatic N) is 5. The SMILES string of the molecule is CCn1cc(-c2cc(C(=O)Nc3cccc(Cn4cccn4)c3)no2)cn1. The number of benzene rings is 1. The lowest BCUT2D eigenvalue weighted by atomic mass is 10.2. The van der Waals surface area contributed by atoms with E-state index in [-0.39, 0.29) is 11.6 Å². The highest BCUT2D eigenvalue weighted by atomic mass is 16.5. The van der Waals surface area contributed by atoms with Crippen molar-refractivity contribution in [2.45, 2.75) is 20.0 Å². The van der Waals surface area contributed by atoms with Gasteiger partial charge in [0.1, 0.15) is 0 Å². The van der Waals surface area contributed by atoms with Crippen LogP contribution in [0.25, 0.3) is 11.3 Å². The lowest BCUT2D eigenvalue weighted by Gasteiger charge is -2.06. The molecule has 27 heavy (non-hydrogen) atoms. The lowest BCUT2D eigenvalue weighted by molar-refractivity contribution is 0.101. The monoisotopic (exact) mass is 362 g/mol. The maximum Gasteiger partial charge on any atom is 0.277 e. The quantitative estimate of drug-likeness (QED) is 0.569. The Hall–Kier alpha value is -3.68. The molecule has 0 unspecified atom stereocenters. The number of carbonyl (C=O) groups excluding carboxylic acids is 1. The molecule has 1 aromatic carbocycles. The van der Waals surface area contributed by atoms with Crippen molar-refractivity contribution in [2.24, 2.45) is 0 Å². The first kappa shape index (κ1) is 16.8. The zero-order chi connectivity index (χ0) is 18.6. The van der Waals surface area contributed by atoms with E-state index in [0.717, 1.165) is 17.7 Å². The first-order chi connectivity index (χ1) is 13.2. The van der Waals surface area contributed by atoms with Gasteiger partial charge in [-0.1, -0.05) is 17.3 Å². The average molecular weight is 362 g/mol. The summed E-state index contributed by atoms with van der Waals surface area (Å²) in [6, 6.07) is 11.1. The van der Waals surface area contributed by atoms with Crippen LogP contribution in [0.4, 0.5) is 5.69 Å². The summed E-state index contributed by atoms with van der Waals surface area (Å²) in [5.74, 6) is 0.177. The van der Waals surface area contributed by atoms with E-state index in [1.807, 2.05) is 54.3 Å². The highest BCUT2D eigenvalue weighted by Gasteiger charge is 2.15. The van der Waals surface area contributed by atoms with Crippen molar-refractivity contribution in [1.29, 1.82) is 0 Å². The van der Waals surface area contributed by atoms with Crippen molar-refractivity contribution in [3.05, 3.63) is 72.4 Å². The summed E-state index contributed by atoms with van der Waals surface area (Å²) in [6.45, 7) is 3.39. The van der Waals surface area contributed by atoms with Crippen molar-refractivity contribution < 1.29 is 9.32 Å². The van der Waals surface area contributed by atoms with Crippen LogP contribution in [0.2, 0.25) is 0 Å². The number of hydrogen-bond donors (Lipinski definition) is 1. The average Bonchev–Trinajstić information content (AvgIpc) is 3.42. The zero-order valence-electron chi connectivity index (χ0n) is 14.7. The molecule has 0 atom stereocenters. The molecule has 0 saturated carbocycles. The molecule has 0 aliphatic heterocycles. The van der Waals surface area contributed by atoms with Crippen LogP contribution in [0, 0.1) is 0 Å². The third kappa shape index (κ3) is 3.79. The summed E-state index contributed by atoms with van der Waals surface area (Å²) in [4.78, 5) is 12.5. The van der Waals surface area contributed by atoms with Gasteiger partial charge in [0.05, 0.1) is 18.3 Å². The highest BCUT2D eigenvalue weighted by molar-refractivity contribution is 6.03. The van der Waals surface area contributed by atoms with Gasteiger partial charge in [0, 0.05) is 36.9 Å². The van der Waals surface area contributed by atoms with Crippen LogP contribution in [-0.2, 0) is 13.1 Å². The number of anilines is 1. The normalized spacial score (nSPS) is 10.9. The van der Waals surface area contributed by atoms with Gasteiger partial charge in [0.2, 0.25) is 0 Å². The Balaban J connectivity index is 1.46. The van der Waals surface area contributed by atoms with Crippen molar-refractivity contribution in [2.75, 3.05) is 5.32 Å². The number of carbonyl (C=O) groups is 1. The smallest absolute Gasteiger partial charge is 0.277 e. The van der Waals surface area contributed by atoms with Gasteiger partial charge in [0.25, 0.3) is 5.91 Å². The molecule has 3 aromatic heterocycles. The molecule has 0 fully saturated rings. The second kappa shape index (κ2) is 7.28.